The molecule has 23 heavy (non-hydrogen) atoms. The summed E-state index contributed by atoms with van der Waals surface area (Å²) in [7, 11) is 3.92. The first-order chi connectivity index (χ1) is 11.0. The maximum atomic E-state index is 4.67. The van der Waals surface area contributed by atoms with E-state index in [2.05, 4.69) is 44.0 Å². The second kappa shape index (κ2) is 6.47. The summed E-state index contributed by atoms with van der Waals surface area (Å²) in [6.45, 7) is 6.04. The molecule has 0 aliphatic carbocycles. The molecule has 1 aliphatic rings. The number of nitrogens with zero attached hydrogens (tertiary/aromatic N) is 8. The van der Waals surface area contributed by atoms with Crippen molar-refractivity contribution < 1.29 is 0 Å². The number of rotatable bonds is 4. The molecule has 0 saturated carbocycles. The first-order valence-electron chi connectivity index (χ1n) is 8.08. The van der Waals surface area contributed by atoms with Crippen LogP contribution >= 0.6 is 0 Å². The molecular formula is C15H24N8. The SMILES string of the molecule is CC(C)c1nc(N(C)C)nc(N2CCC(n3ccnn3)CC2)n1. The van der Waals surface area contributed by atoms with E-state index in [1.807, 2.05) is 29.9 Å². The van der Waals surface area contributed by atoms with Crippen LogP contribution in [-0.2, 0) is 0 Å². The molecule has 8 heteroatoms. The minimum absolute atomic E-state index is 0.281. The zero-order valence-corrected chi connectivity index (χ0v) is 14.2. The van der Waals surface area contributed by atoms with Gasteiger partial charge in [0.15, 0.2) is 0 Å². The first kappa shape index (κ1) is 15.6. The molecule has 1 saturated heterocycles. The molecule has 3 rings (SSSR count). The topological polar surface area (TPSA) is 75.9 Å². The highest BCUT2D eigenvalue weighted by Gasteiger charge is 2.24. The molecule has 0 spiro atoms. The first-order valence-corrected chi connectivity index (χ1v) is 8.08. The number of hydrogen-bond donors (Lipinski definition) is 0. The molecule has 3 heterocycles. The van der Waals surface area contributed by atoms with Crippen molar-refractivity contribution in [3.8, 4) is 0 Å². The average Bonchev–Trinajstić information content (AvgIpc) is 3.09. The van der Waals surface area contributed by atoms with Gasteiger partial charge in [-0.3, -0.25) is 0 Å². The molecule has 2 aromatic rings. The van der Waals surface area contributed by atoms with Crippen LogP contribution in [0.4, 0.5) is 11.9 Å². The molecule has 1 aliphatic heterocycles. The standard InChI is InChI=1S/C15H24N8/c1-11(2)13-17-14(21(3)4)19-15(18-13)22-8-5-12(6-9-22)23-10-7-16-20-23/h7,10-12H,5-6,8-9H2,1-4H3. The molecular weight excluding hydrogens is 292 g/mol. The summed E-state index contributed by atoms with van der Waals surface area (Å²) in [5.41, 5.74) is 0. The fourth-order valence-electron chi connectivity index (χ4n) is 2.71. The van der Waals surface area contributed by atoms with E-state index in [1.165, 1.54) is 0 Å². The van der Waals surface area contributed by atoms with Crippen molar-refractivity contribution >= 4 is 11.9 Å². The summed E-state index contributed by atoms with van der Waals surface area (Å²) in [5.74, 6) is 2.63. The van der Waals surface area contributed by atoms with E-state index in [9.17, 15) is 0 Å². The van der Waals surface area contributed by atoms with Crippen molar-refractivity contribution in [1.29, 1.82) is 0 Å². The molecule has 2 aromatic heterocycles. The van der Waals surface area contributed by atoms with E-state index in [4.69, 9.17) is 0 Å². The van der Waals surface area contributed by atoms with Gasteiger partial charge in [0, 0.05) is 39.3 Å². The van der Waals surface area contributed by atoms with Crippen LogP contribution in [-0.4, -0.2) is 57.1 Å². The van der Waals surface area contributed by atoms with E-state index >= 15 is 0 Å². The van der Waals surface area contributed by atoms with Crippen molar-refractivity contribution in [2.45, 2.75) is 38.6 Å². The van der Waals surface area contributed by atoms with Crippen LogP contribution < -0.4 is 9.80 Å². The molecule has 0 unspecified atom stereocenters. The summed E-state index contributed by atoms with van der Waals surface area (Å²) in [6, 6.07) is 0.411. The summed E-state index contributed by atoms with van der Waals surface area (Å²) >= 11 is 0. The Hall–Kier alpha value is -2.25. The van der Waals surface area contributed by atoms with Gasteiger partial charge >= 0.3 is 0 Å². The minimum Gasteiger partial charge on any atom is -0.347 e. The van der Waals surface area contributed by atoms with E-state index in [0.717, 1.165) is 43.7 Å². The van der Waals surface area contributed by atoms with E-state index in [1.54, 1.807) is 6.20 Å². The van der Waals surface area contributed by atoms with Gasteiger partial charge in [0.2, 0.25) is 11.9 Å². The van der Waals surface area contributed by atoms with Gasteiger partial charge in [-0.2, -0.15) is 15.0 Å². The lowest BCUT2D eigenvalue weighted by Gasteiger charge is -2.32. The molecule has 0 amide bonds. The van der Waals surface area contributed by atoms with Gasteiger partial charge in [-0.25, -0.2) is 4.68 Å². The van der Waals surface area contributed by atoms with Crippen molar-refractivity contribution in [2.75, 3.05) is 37.0 Å². The number of hydrogen-bond acceptors (Lipinski definition) is 7. The van der Waals surface area contributed by atoms with Crippen LogP contribution in [0, 0.1) is 0 Å². The highest BCUT2D eigenvalue weighted by Crippen LogP contribution is 2.25. The molecule has 1 fully saturated rings. The maximum absolute atomic E-state index is 4.67. The largest absolute Gasteiger partial charge is 0.347 e. The van der Waals surface area contributed by atoms with Gasteiger partial charge in [0.1, 0.15) is 5.82 Å². The lowest BCUT2D eigenvalue weighted by atomic mass is 10.1. The predicted octanol–water partition coefficient (Wildman–Crippen LogP) is 1.49. The monoisotopic (exact) mass is 316 g/mol. The minimum atomic E-state index is 0.281. The quantitative estimate of drug-likeness (QED) is 0.846. The zero-order valence-electron chi connectivity index (χ0n) is 14.2. The lowest BCUT2D eigenvalue weighted by Crippen LogP contribution is -2.36. The Bertz CT molecular complexity index is 603. The molecule has 0 bridgehead atoms. The van der Waals surface area contributed by atoms with Gasteiger partial charge in [0.25, 0.3) is 0 Å². The summed E-state index contributed by atoms with van der Waals surface area (Å²) in [6.07, 6.45) is 5.70. The lowest BCUT2D eigenvalue weighted by molar-refractivity contribution is 0.358. The van der Waals surface area contributed by atoms with Gasteiger partial charge in [-0.1, -0.05) is 19.1 Å². The van der Waals surface area contributed by atoms with Crippen molar-refractivity contribution in [3.63, 3.8) is 0 Å². The van der Waals surface area contributed by atoms with Crippen LogP contribution in [0.25, 0.3) is 0 Å². The second-order valence-corrected chi connectivity index (χ2v) is 6.44. The molecule has 124 valence electrons. The van der Waals surface area contributed by atoms with Crippen molar-refractivity contribution in [3.05, 3.63) is 18.2 Å². The van der Waals surface area contributed by atoms with E-state index < -0.39 is 0 Å². The average molecular weight is 316 g/mol. The maximum Gasteiger partial charge on any atom is 0.230 e. The smallest absolute Gasteiger partial charge is 0.230 e. The number of piperidine rings is 1. The number of aromatic nitrogens is 6. The Kier molecular flexibility index (Phi) is 4.40. The van der Waals surface area contributed by atoms with Crippen LogP contribution in [0.2, 0.25) is 0 Å². The highest BCUT2D eigenvalue weighted by molar-refractivity contribution is 5.39. The summed E-state index contributed by atoms with van der Waals surface area (Å²) < 4.78 is 1.95. The Morgan fingerprint density at radius 3 is 2.43 bits per heavy atom. The molecule has 0 radical (unpaired) electrons. The van der Waals surface area contributed by atoms with Crippen LogP contribution in [0.15, 0.2) is 12.4 Å². The Labute approximate surface area is 136 Å². The number of anilines is 2. The molecule has 8 nitrogen and oxygen atoms in total. The zero-order chi connectivity index (χ0) is 16.4. The fraction of sp³-hybridized carbons (Fsp3) is 0.667. The van der Waals surface area contributed by atoms with E-state index in [-0.39, 0.29) is 5.92 Å². The van der Waals surface area contributed by atoms with Gasteiger partial charge < -0.3 is 9.80 Å². The molecule has 0 atom stereocenters. The normalized spacial score (nSPS) is 16.1. The fourth-order valence-corrected chi connectivity index (χ4v) is 2.71. The van der Waals surface area contributed by atoms with Gasteiger partial charge in [-0.05, 0) is 12.8 Å². The van der Waals surface area contributed by atoms with Crippen molar-refractivity contribution in [1.82, 2.24) is 29.9 Å². The third-order valence-corrected chi connectivity index (χ3v) is 4.11. The van der Waals surface area contributed by atoms with Gasteiger partial charge in [-0.15, -0.1) is 5.10 Å². The van der Waals surface area contributed by atoms with Crippen LogP contribution in [0.5, 0.6) is 0 Å². The van der Waals surface area contributed by atoms with Gasteiger partial charge in [0.05, 0.1) is 12.2 Å². The predicted molar refractivity (Wildman–Crippen MR) is 88.7 cm³/mol. The van der Waals surface area contributed by atoms with Crippen LogP contribution in [0.3, 0.4) is 0 Å². The molecule has 0 aromatic carbocycles. The summed E-state index contributed by atoms with van der Waals surface area (Å²) in [5, 5.41) is 8.01. The highest BCUT2D eigenvalue weighted by atomic mass is 15.4. The van der Waals surface area contributed by atoms with Crippen molar-refractivity contribution in [2.24, 2.45) is 0 Å². The Balaban J connectivity index is 1.77. The van der Waals surface area contributed by atoms with Crippen LogP contribution in [0.1, 0.15) is 44.5 Å². The Morgan fingerprint density at radius 2 is 1.87 bits per heavy atom. The summed E-state index contributed by atoms with van der Waals surface area (Å²) in [4.78, 5) is 18.0. The van der Waals surface area contributed by atoms with E-state index in [0.29, 0.717) is 6.04 Å². The Morgan fingerprint density at radius 1 is 1.13 bits per heavy atom. The second-order valence-electron chi connectivity index (χ2n) is 6.44. The third-order valence-electron chi connectivity index (χ3n) is 4.11. The molecule has 0 N–H and O–H groups in total. The third kappa shape index (κ3) is 3.40.